The summed E-state index contributed by atoms with van der Waals surface area (Å²) in [5, 5.41) is 7.05. The van der Waals surface area contributed by atoms with E-state index in [1.54, 1.807) is 11.3 Å². The van der Waals surface area contributed by atoms with Gasteiger partial charge in [-0.1, -0.05) is 18.2 Å². The molecule has 4 rings (SSSR count). The molecule has 0 aliphatic carbocycles. The number of aromatic nitrogens is 1. The highest BCUT2D eigenvalue weighted by Gasteiger charge is 2.39. The Balaban J connectivity index is 1.50. The summed E-state index contributed by atoms with van der Waals surface area (Å²) >= 11 is 1.71. The largest absolute Gasteiger partial charge is 0.379 e. The van der Waals surface area contributed by atoms with Crippen LogP contribution in [-0.2, 0) is 17.9 Å². The van der Waals surface area contributed by atoms with Crippen LogP contribution in [0, 0.1) is 6.92 Å². The average Bonchev–Trinajstić information content (AvgIpc) is 3.03. The summed E-state index contributed by atoms with van der Waals surface area (Å²) in [5.74, 6) is 0.232. The van der Waals surface area contributed by atoms with E-state index in [-0.39, 0.29) is 11.4 Å². The quantitative estimate of drug-likeness (QED) is 0.881. The molecule has 3 heterocycles. The molecule has 0 atom stereocenters. The van der Waals surface area contributed by atoms with Gasteiger partial charge in [-0.05, 0) is 31.4 Å². The van der Waals surface area contributed by atoms with Crippen LogP contribution in [0.15, 0.2) is 29.6 Å². The number of benzene rings is 1. The highest BCUT2D eigenvalue weighted by atomic mass is 32.1. The molecule has 26 heavy (non-hydrogen) atoms. The third kappa shape index (κ3) is 3.62. The first kappa shape index (κ1) is 17.5. The third-order valence-electron chi connectivity index (χ3n) is 5.61. The second-order valence-corrected chi connectivity index (χ2v) is 8.69. The van der Waals surface area contributed by atoms with Crippen LogP contribution in [0.1, 0.15) is 35.5 Å². The van der Waals surface area contributed by atoms with Crippen LogP contribution in [0.5, 0.6) is 0 Å². The first-order valence-electron chi connectivity index (χ1n) is 9.26. The number of aryl methyl sites for hydroxylation is 1. The fourth-order valence-electron chi connectivity index (χ4n) is 4.03. The monoisotopic (exact) mass is 370 g/mol. The van der Waals surface area contributed by atoms with Crippen LogP contribution in [0.25, 0.3) is 0 Å². The van der Waals surface area contributed by atoms with Crippen molar-refractivity contribution in [2.24, 2.45) is 0 Å². The fourth-order valence-corrected chi connectivity index (χ4v) is 4.63. The van der Waals surface area contributed by atoms with Gasteiger partial charge in [0.1, 0.15) is 0 Å². The summed E-state index contributed by atoms with van der Waals surface area (Å²) in [6.07, 6.45) is 2.52. The zero-order valence-corrected chi connectivity index (χ0v) is 16.3. The van der Waals surface area contributed by atoms with Crippen LogP contribution in [0.2, 0.25) is 0 Å². The van der Waals surface area contributed by atoms with Crippen molar-refractivity contribution < 1.29 is 4.79 Å². The number of fused-ring (bicyclic) bond motifs is 1. The van der Waals surface area contributed by atoms with Gasteiger partial charge >= 0.3 is 0 Å². The maximum absolute atomic E-state index is 12.7. The maximum atomic E-state index is 12.7. The number of rotatable bonds is 2. The van der Waals surface area contributed by atoms with Crippen molar-refractivity contribution in [1.29, 1.82) is 0 Å². The minimum atomic E-state index is -0.143. The highest BCUT2D eigenvalue weighted by molar-refractivity contribution is 7.09. The molecule has 6 heteroatoms. The molecule has 5 nitrogen and oxygen atoms in total. The molecule has 1 spiro atoms. The van der Waals surface area contributed by atoms with Gasteiger partial charge in [0.15, 0.2) is 0 Å². The lowest BCUT2D eigenvalue weighted by Crippen LogP contribution is -2.52. The van der Waals surface area contributed by atoms with Gasteiger partial charge in [0.05, 0.1) is 10.7 Å². The molecule has 0 unspecified atom stereocenters. The van der Waals surface area contributed by atoms with Gasteiger partial charge in [0, 0.05) is 56.3 Å². The lowest BCUT2D eigenvalue weighted by atomic mass is 9.82. The standard InChI is InChI=1S/C20H26N4OS/c1-15-21-17(14-26-15)13-24-9-7-20(8-10-24)11-19(25)23(2)12-16-5-3-4-6-18(16)22-20/h3-6,14,22H,7-13H2,1-2H3. The van der Waals surface area contributed by atoms with Gasteiger partial charge in [0.25, 0.3) is 0 Å². The predicted octanol–water partition coefficient (Wildman–Crippen LogP) is 3.26. The second kappa shape index (κ2) is 7.00. The van der Waals surface area contributed by atoms with E-state index in [1.165, 1.54) is 11.3 Å². The van der Waals surface area contributed by atoms with Crippen LogP contribution in [-0.4, -0.2) is 46.4 Å². The Morgan fingerprint density at radius 1 is 1.27 bits per heavy atom. The van der Waals surface area contributed by atoms with Crippen molar-refractivity contribution in [2.45, 2.75) is 44.8 Å². The molecule has 1 aromatic carbocycles. The van der Waals surface area contributed by atoms with Crippen molar-refractivity contribution in [1.82, 2.24) is 14.8 Å². The predicted molar refractivity (Wildman–Crippen MR) is 105 cm³/mol. The SMILES string of the molecule is Cc1nc(CN2CCC3(CC2)CC(=O)N(C)Cc2ccccc2N3)cs1. The van der Waals surface area contributed by atoms with Gasteiger partial charge in [-0.2, -0.15) is 0 Å². The Labute approximate surface area is 159 Å². The number of hydrogen-bond donors (Lipinski definition) is 1. The molecule has 2 aliphatic heterocycles. The molecule has 2 aromatic rings. The summed E-state index contributed by atoms with van der Waals surface area (Å²) in [6.45, 7) is 5.61. The maximum Gasteiger partial charge on any atom is 0.224 e. The lowest BCUT2D eigenvalue weighted by Gasteiger charge is -2.44. The van der Waals surface area contributed by atoms with Crippen molar-refractivity contribution in [2.75, 3.05) is 25.5 Å². The average molecular weight is 371 g/mol. The molecule has 2 aliphatic rings. The van der Waals surface area contributed by atoms with Gasteiger partial charge in [-0.3, -0.25) is 9.69 Å². The number of piperidine rings is 1. The molecule has 138 valence electrons. The van der Waals surface area contributed by atoms with Crippen LogP contribution >= 0.6 is 11.3 Å². The number of amides is 1. The van der Waals surface area contributed by atoms with E-state index >= 15 is 0 Å². The normalized spacial score (nSPS) is 20.4. The fraction of sp³-hybridized carbons (Fsp3) is 0.500. The number of nitrogens with one attached hydrogen (secondary N) is 1. The topological polar surface area (TPSA) is 48.5 Å². The molecule has 1 aromatic heterocycles. The number of anilines is 1. The molecular formula is C20H26N4OS. The number of para-hydroxylation sites is 1. The zero-order valence-electron chi connectivity index (χ0n) is 15.5. The molecule has 0 bridgehead atoms. The number of thiazole rings is 1. The Hall–Kier alpha value is -1.92. The summed E-state index contributed by atoms with van der Waals surface area (Å²) in [6, 6.07) is 8.38. The van der Waals surface area contributed by atoms with Crippen molar-refractivity contribution in [3.63, 3.8) is 0 Å². The van der Waals surface area contributed by atoms with E-state index in [2.05, 4.69) is 45.7 Å². The first-order valence-corrected chi connectivity index (χ1v) is 10.1. The Morgan fingerprint density at radius 3 is 2.77 bits per heavy atom. The minimum absolute atomic E-state index is 0.143. The van der Waals surface area contributed by atoms with Gasteiger partial charge < -0.3 is 10.2 Å². The van der Waals surface area contributed by atoms with Gasteiger partial charge in [-0.15, -0.1) is 11.3 Å². The molecule has 1 fully saturated rings. The number of likely N-dealkylation sites (tertiary alicyclic amines) is 1. The Morgan fingerprint density at radius 2 is 2.04 bits per heavy atom. The van der Waals surface area contributed by atoms with Crippen molar-refractivity contribution >= 4 is 22.9 Å². The molecule has 1 amide bonds. The number of carbonyl (C=O) groups is 1. The first-order chi connectivity index (χ1) is 12.5. The second-order valence-electron chi connectivity index (χ2n) is 7.62. The third-order valence-corrected chi connectivity index (χ3v) is 6.43. The van der Waals surface area contributed by atoms with E-state index in [0.717, 1.165) is 43.2 Å². The highest BCUT2D eigenvalue weighted by Crippen LogP contribution is 2.34. The minimum Gasteiger partial charge on any atom is -0.379 e. The molecule has 0 saturated carbocycles. The van der Waals surface area contributed by atoms with Crippen molar-refractivity contribution in [3.05, 3.63) is 45.9 Å². The summed E-state index contributed by atoms with van der Waals surface area (Å²) in [4.78, 5) is 21.6. The number of carbonyl (C=O) groups excluding carboxylic acids is 1. The van der Waals surface area contributed by atoms with E-state index in [0.29, 0.717) is 13.0 Å². The van der Waals surface area contributed by atoms with Crippen LogP contribution in [0.3, 0.4) is 0 Å². The molecule has 1 saturated heterocycles. The Bertz CT molecular complexity index is 795. The number of hydrogen-bond acceptors (Lipinski definition) is 5. The van der Waals surface area contributed by atoms with Crippen LogP contribution < -0.4 is 5.32 Å². The van der Waals surface area contributed by atoms with Crippen molar-refractivity contribution in [3.8, 4) is 0 Å². The van der Waals surface area contributed by atoms with E-state index in [1.807, 2.05) is 18.0 Å². The van der Waals surface area contributed by atoms with Gasteiger partial charge in [-0.25, -0.2) is 4.98 Å². The van der Waals surface area contributed by atoms with E-state index < -0.39 is 0 Å². The number of nitrogens with zero attached hydrogens (tertiary/aromatic N) is 3. The molecule has 0 radical (unpaired) electrons. The van der Waals surface area contributed by atoms with E-state index in [9.17, 15) is 4.79 Å². The summed E-state index contributed by atoms with van der Waals surface area (Å²) < 4.78 is 0. The molecular weight excluding hydrogens is 344 g/mol. The van der Waals surface area contributed by atoms with E-state index in [4.69, 9.17) is 0 Å². The zero-order chi connectivity index (χ0) is 18.1. The van der Waals surface area contributed by atoms with Gasteiger partial charge in [0.2, 0.25) is 5.91 Å². The molecule has 1 N–H and O–H groups in total. The Kier molecular flexibility index (Phi) is 4.71. The lowest BCUT2D eigenvalue weighted by molar-refractivity contribution is -0.132. The van der Waals surface area contributed by atoms with Crippen LogP contribution in [0.4, 0.5) is 5.69 Å². The smallest absolute Gasteiger partial charge is 0.224 e. The summed E-state index contributed by atoms with van der Waals surface area (Å²) in [5.41, 5.74) is 3.39. The summed E-state index contributed by atoms with van der Waals surface area (Å²) in [7, 11) is 1.91.